The zero-order valence-electron chi connectivity index (χ0n) is 41.4. The molecule has 23 atom stereocenters. The highest BCUT2D eigenvalue weighted by atomic mass is 16.4. The molecule has 12 nitrogen and oxygen atoms in total. The SMILES string of the molecule is CC(CCC(=O)NCCCCC(NC(=O)CCC(C)C1CC[C@H]2[C@@H]3C(O)C[C@@H]4C[C@H](O)CCC4(C)C3CC(O)C12C)C(=O)O)C1CC[C@H]2[C@@H]3C(O)C[C@@H]4C[C@H](O)CCC4(C)C3CC(O)C12C. The van der Waals surface area contributed by atoms with Gasteiger partial charge in [-0.1, -0.05) is 41.5 Å². The van der Waals surface area contributed by atoms with E-state index in [0.717, 1.165) is 70.6 Å². The number of hydrogen-bond donors (Lipinski definition) is 9. The normalized spacial score (nSPS) is 48.5. The number of amides is 2. The second-order valence-corrected chi connectivity index (χ2v) is 25.4. The number of rotatable bonds is 15. The Kier molecular flexibility index (Phi) is 14.9. The third-order valence-corrected chi connectivity index (χ3v) is 22.6. The Balaban J connectivity index is 0.750. The van der Waals surface area contributed by atoms with Crippen LogP contribution in [0.5, 0.6) is 0 Å². The van der Waals surface area contributed by atoms with Gasteiger partial charge in [-0.05, 0) is 215 Å². The van der Waals surface area contributed by atoms with Gasteiger partial charge in [0.05, 0.1) is 36.6 Å². The fourth-order valence-corrected chi connectivity index (χ4v) is 18.7. The Hall–Kier alpha value is -1.83. The van der Waals surface area contributed by atoms with Crippen molar-refractivity contribution in [3.05, 3.63) is 0 Å². The number of unbranched alkanes of at least 4 members (excludes halogenated alkanes) is 1. The molecule has 8 aliphatic carbocycles. The predicted molar refractivity (Wildman–Crippen MR) is 251 cm³/mol. The Labute approximate surface area is 395 Å². The van der Waals surface area contributed by atoms with Crippen molar-refractivity contribution in [2.75, 3.05) is 6.54 Å². The highest BCUT2D eigenvalue weighted by Crippen LogP contribution is 2.70. The Bertz CT molecular complexity index is 1750. The molecule has 0 saturated heterocycles. The monoisotopic (exact) mass is 927 g/mol. The van der Waals surface area contributed by atoms with Gasteiger partial charge in [0, 0.05) is 19.4 Å². The van der Waals surface area contributed by atoms with Crippen LogP contribution in [0.15, 0.2) is 0 Å². The number of carboxylic acid groups (broad SMARTS) is 1. The van der Waals surface area contributed by atoms with Crippen LogP contribution in [0.3, 0.4) is 0 Å². The van der Waals surface area contributed by atoms with Crippen molar-refractivity contribution in [2.45, 2.75) is 219 Å². The minimum absolute atomic E-state index is 0.0136. The highest BCUT2D eigenvalue weighted by Gasteiger charge is 2.67. The number of carbonyl (C=O) groups excluding carboxylic acids is 2. The molecule has 0 aliphatic heterocycles. The number of hydrogen-bond acceptors (Lipinski definition) is 9. The molecule has 0 aromatic heterocycles. The van der Waals surface area contributed by atoms with Crippen LogP contribution in [0, 0.1) is 92.7 Å². The number of aliphatic carboxylic acids is 1. The summed E-state index contributed by atoms with van der Waals surface area (Å²) in [5, 5.41) is 83.8. The second kappa shape index (κ2) is 19.4. The van der Waals surface area contributed by atoms with E-state index >= 15 is 0 Å². The summed E-state index contributed by atoms with van der Waals surface area (Å²) in [7, 11) is 0. The standard InChI is InChI=1S/C54H90N2O10/c1-29(35-12-14-37-48-39(27-44(61)53(35,37)5)51(3)20-18-33(57)23-31(51)25-42(48)59)10-16-46(63)55-22-8-7-9-41(50(65)66)56-47(64)17-11-30(2)36-13-15-38-49-40(28-45(62)54(36,38)6)52(4)21-19-34(58)24-32(52)26-43(49)60/h29-45,48-49,57-62H,7-28H2,1-6H3,(H,55,63)(H,56,64)(H,65,66)/t29?,30?,31-,32-,33+,34+,35?,36?,37-,38-,39?,40?,41?,42?,43?,44?,45?,48-,49-,51?,52?,53?,54?/m0/s1. The lowest BCUT2D eigenvalue weighted by atomic mass is 9.43. The van der Waals surface area contributed by atoms with Crippen LogP contribution in [0.1, 0.15) is 176 Å². The van der Waals surface area contributed by atoms with Crippen molar-refractivity contribution in [3.63, 3.8) is 0 Å². The van der Waals surface area contributed by atoms with Crippen LogP contribution in [0.25, 0.3) is 0 Å². The van der Waals surface area contributed by atoms with E-state index in [2.05, 4.69) is 52.2 Å². The maximum absolute atomic E-state index is 13.2. The fraction of sp³-hybridized carbons (Fsp3) is 0.944. The van der Waals surface area contributed by atoms with Crippen LogP contribution in [-0.2, 0) is 14.4 Å². The molecule has 15 unspecified atom stereocenters. The van der Waals surface area contributed by atoms with Crippen molar-refractivity contribution in [3.8, 4) is 0 Å². The molecule has 2 amide bonds. The molecule has 8 rings (SSSR count). The molecule has 8 aliphatic rings. The van der Waals surface area contributed by atoms with E-state index in [1.54, 1.807) is 0 Å². The minimum Gasteiger partial charge on any atom is -0.480 e. The van der Waals surface area contributed by atoms with E-state index < -0.39 is 36.4 Å². The number of aliphatic hydroxyl groups excluding tert-OH is 6. The Morgan fingerprint density at radius 1 is 0.561 bits per heavy atom. The summed E-state index contributed by atoms with van der Waals surface area (Å²) >= 11 is 0. The molecule has 0 spiro atoms. The Morgan fingerprint density at radius 3 is 1.47 bits per heavy atom. The molecule has 12 heteroatoms. The summed E-state index contributed by atoms with van der Waals surface area (Å²) in [6, 6.07) is -1.01. The summed E-state index contributed by atoms with van der Waals surface area (Å²) in [5.41, 5.74) is -0.623. The lowest BCUT2D eigenvalue weighted by Gasteiger charge is -2.63. The van der Waals surface area contributed by atoms with Gasteiger partial charge >= 0.3 is 5.97 Å². The van der Waals surface area contributed by atoms with E-state index in [-0.39, 0.29) is 130 Å². The van der Waals surface area contributed by atoms with Gasteiger partial charge in [-0.2, -0.15) is 0 Å². The summed E-state index contributed by atoms with van der Waals surface area (Å²) in [5.74, 6) is 1.21. The van der Waals surface area contributed by atoms with Crippen LogP contribution in [0.4, 0.5) is 0 Å². The van der Waals surface area contributed by atoms with E-state index in [0.29, 0.717) is 57.9 Å². The number of carbonyl (C=O) groups is 3. The molecule has 9 N–H and O–H groups in total. The first-order valence-electron chi connectivity index (χ1n) is 27.0. The van der Waals surface area contributed by atoms with Gasteiger partial charge in [0.25, 0.3) is 0 Å². The molecular weight excluding hydrogens is 837 g/mol. The van der Waals surface area contributed by atoms with Crippen molar-refractivity contribution >= 4 is 17.8 Å². The minimum atomic E-state index is -1.07. The first-order valence-corrected chi connectivity index (χ1v) is 27.0. The molecule has 0 aromatic rings. The first kappa shape index (κ1) is 50.6. The molecule has 8 saturated carbocycles. The fourth-order valence-electron chi connectivity index (χ4n) is 18.7. The maximum Gasteiger partial charge on any atom is 0.326 e. The molecule has 8 fully saturated rings. The summed E-state index contributed by atoms with van der Waals surface area (Å²) in [6.45, 7) is 14.0. The van der Waals surface area contributed by atoms with Crippen LogP contribution >= 0.6 is 0 Å². The average molecular weight is 927 g/mol. The van der Waals surface area contributed by atoms with Gasteiger partial charge in [0.15, 0.2) is 0 Å². The predicted octanol–water partition coefficient (Wildman–Crippen LogP) is 6.60. The highest BCUT2D eigenvalue weighted by molar-refractivity contribution is 5.83. The number of nitrogens with one attached hydrogen (secondary N) is 2. The number of fused-ring (bicyclic) bond motifs is 10. The van der Waals surface area contributed by atoms with Crippen LogP contribution < -0.4 is 10.6 Å². The van der Waals surface area contributed by atoms with E-state index in [1.165, 1.54) is 0 Å². The first-order chi connectivity index (χ1) is 31.1. The van der Waals surface area contributed by atoms with Crippen molar-refractivity contribution in [1.29, 1.82) is 0 Å². The zero-order chi connectivity index (χ0) is 47.7. The van der Waals surface area contributed by atoms with Crippen LogP contribution in [0.2, 0.25) is 0 Å². The maximum atomic E-state index is 13.2. The third-order valence-electron chi connectivity index (χ3n) is 22.6. The van der Waals surface area contributed by atoms with Gasteiger partial charge in [-0.3, -0.25) is 9.59 Å². The third kappa shape index (κ3) is 8.85. The van der Waals surface area contributed by atoms with Gasteiger partial charge < -0.3 is 46.4 Å². The summed E-state index contributed by atoms with van der Waals surface area (Å²) < 4.78 is 0. The smallest absolute Gasteiger partial charge is 0.326 e. The lowest BCUT2D eigenvalue weighted by molar-refractivity contribution is -0.207. The Morgan fingerprint density at radius 2 is 1.02 bits per heavy atom. The van der Waals surface area contributed by atoms with Gasteiger partial charge in [-0.25, -0.2) is 4.79 Å². The van der Waals surface area contributed by atoms with E-state index in [4.69, 9.17) is 0 Å². The molecule has 0 aromatic carbocycles. The molecule has 0 heterocycles. The van der Waals surface area contributed by atoms with Crippen molar-refractivity contribution in [2.24, 2.45) is 92.7 Å². The quantitative estimate of drug-likeness (QED) is 0.0803. The van der Waals surface area contributed by atoms with Gasteiger partial charge in [-0.15, -0.1) is 0 Å². The molecule has 66 heavy (non-hydrogen) atoms. The molecule has 0 radical (unpaired) electrons. The summed E-state index contributed by atoms with van der Waals surface area (Å²) in [4.78, 5) is 38.5. The lowest BCUT2D eigenvalue weighted by Crippen LogP contribution is -2.62. The van der Waals surface area contributed by atoms with E-state index in [9.17, 15) is 50.1 Å². The number of carboxylic acids is 1. The molecule has 376 valence electrons. The number of aliphatic hydroxyl groups is 6. The largest absolute Gasteiger partial charge is 0.480 e. The molecular formula is C54H90N2O10. The van der Waals surface area contributed by atoms with Gasteiger partial charge in [0.1, 0.15) is 6.04 Å². The van der Waals surface area contributed by atoms with Gasteiger partial charge in [0.2, 0.25) is 11.8 Å². The van der Waals surface area contributed by atoms with E-state index in [1.807, 2.05) is 0 Å². The van der Waals surface area contributed by atoms with Crippen molar-refractivity contribution in [1.82, 2.24) is 10.6 Å². The zero-order valence-corrected chi connectivity index (χ0v) is 41.4. The second-order valence-electron chi connectivity index (χ2n) is 25.4. The molecule has 0 bridgehead atoms. The topological polar surface area (TPSA) is 217 Å². The summed E-state index contributed by atoms with van der Waals surface area (Å²) in [6.07, 6.45) is 12.5. The van der Waals surface area contributed by atoms with Crippen molar-refractivity contribution < 1.29 is 50.1 Å². The van der Waals surface area contributed by atoms with Crippen LogP contribution in [-0.4, -0.2) is 103 Å². The average Bonchev–Trinajstić information content (AvgIpc) is 3.81.